The molecule has 8 nitrogen and oxygen atoms in total. The molecule has 2 aromatic carbocycles. The van der Waals surface area contributed by atoms with E-state index in [4.69, 9.17) is 9.47 Å². The topological polar surface area (TPSA) is 85.7 Å². The number of ether oxygens (including phenoxy) is 2. The molecule has 170 valence electrons. The third kappa shape index (κ3) is 4.47. The van der Waals surface area contributed by atoms with E-state index in [0.717, 1.165) is 25.2 Å². The van der Waals surface area contributed by atoms with Crippen molar-refractivity contribution in [2.75, 3.05) is 18.7 Å². The molecule has 0 spiro atoms. The number of anilines is 1. The lowest BCUT2D eigenvalue weighted by Crippen LogP contribution is -2.39. The van der Waals surface area contributed by atoms with Gasteiger partial charge in [0.25, 0.3) is 5.56 Å². The summed E-state index contributed by atoms with van der Waals surface area (Å²) in [6.07, 6.45) is 0.724. The molecule has 2 aliphatic rings. The minimum absolute atomic E-state index is 0.0999. The van der Waals surface area contributed by atoms with Crippen LogP contribution in [-0.2, 0) is 30.8 Å². The van der Waals surface area contributed by atoms with Crippen LogP contribution in [0.5, 0.6) is 11.5 Å². The average molecular weight is 447 g/mol. The minimum atomic E-state index is -0.298. The smallest absolute Gasteiger partial charge is 0.258 e. The average Bonchev–Trinajstić information content (AvgIpc) is 3.25. The zero-order chi connectivity index (χ0) is 22.9. The molecule has 1 aromatic heterocycles. The van der Waals surface area contributed by atoms with E-state index in [1.807, 2.05) is 0 Å². The maximum atomic E-state index is 13.3. The van der Waals surface area contributed by atoms with Crippen molar-refractivity contribution in [1.82, 2.24) is 14.5 Å². The molecule has 0 bridgehead atoms. The first-order valence-corrected chi connectivity index (χ1v) is 11.0. The standard InChI is InChI=1S/C25H26N4O4/c1-16-4-3-5-18(10-16)12-28-9-8-21-20(13-28)25(31)29(17(2)26-21)14-24(30)27-19-6-7-22-23(11-19)33-15-32-22/h3-7,10-11H,8-9,12-15H2,1-2H3,(H,27,30). The highest BCUT2D eigenvalue weighted by Crippen LogP contribution is 2.34. The second kappa shape index (κ2) is 8.71. The molecule has 1 amide bonds. The minimum Gasteiger partial charge on any atom is -0.454 e. The van der Waals surface area contributed by atoms with Crippen LogP contribution in [-0.4, -0.2) is 33.7 Å². The van der Waals surface area contributed by atoms with Gasteiger partial charge >= 0.3 is 0 Å². The van der Waals surface area contributed by atoms with Crippen molar-refractivity contribution >= 4 is 11.6 Å². The monoisotopic (exact) mass is 446 g/mol. The van der Waals surface area contributed by atoms with Crippen LogP contribution in [0, 0.1) is 13.8 Å². The third-order valence-corrected chi connectivity index (χ3v) is 6.03. The second-order valence-electron chi connectivity index (χ2n) is 8.54. The number of hydrogen-bond acceptors (Lipinski definition) is 6. The van der Waals surface area contributed by atoms with E-state index in [2.05, 4.69) is 46.4 Å². The third-order valence-electron chi connectivity index (χ3n) is 6.03. The molecular weight excluding hydrogens is 420 g/mol. The Kier molecular flexibility index (Phi) is 5.60. The van der Waals surface area contributed by atoms with Gasteiger partial charge in [0.2, 0.25) is 12.7 Å². The molecule has 0 saturated carbocycles. The summed E-state index contributed by atoms with van der Waals surface area (Å²) in [6.45, 7) is 6.07. The summed E-state index contributed by atoms with van der Waals surface area (Å²) >= 11 is 0. The molecule has 0 saturated heterocycles. The Bertz CT molecular complexity index is 1280. The van der Waals surface area contributed by atoms with Crippen LogP contribution in [0.3, 0.4) is 0 Å². The number of aryl methyl sites for hydroxylation is 2. The molecule has 1 N–H and O–H groups in total. The number of rotatable bonds is 5. The van der Waals surface area contributed by atoms with Gasteiger partial charge < -0.3 is 14.8 Å². The van der Waals surface area contributed by atoms with Crippen LogP contribution in [0.2, 0.25) is 0 Å². The number of benzene rings is 2. The van der Waals surface area contributed by atoms with Gasteiger partial charge in [0.1, 0.15) is 12.4 Å². The molecule has 0 atom stereocenters. The Balaban J connectivity index is 1.32. The van der Waals surface area contributed by atoms with Crippen LogP contribution in [0.4, 0.5) is 5.69 Å². The fourth-order valence-electron chi connectivity index (χ4n) is 4.40. The molecule has 8 heteroatoms. The van der Waals surface area contributed by atoms with Crippen molar-refractivity contribution < 1.29 is 14.3 Å². The van der Waals surface area contributed by atoms with E-state index >= 15 is 0 Å². The summed E-state index contributed by atoms with van der Waals surface area (Å²) < 4.78 is 12.1. The normalized spacial score (nSPS) is 14.7. The van der Waals surface area contributed by atoms with Crippen LogP contribution >= 0.6 is 0 Å². The van der Waals surface area contributed by atoms with Gasteiger partial charge in [-0.1, -0.05) is 29.8 Å². The first-order valence-electron chi connectivity index (χ1n) is 11.0. The number of aromatic nitrogens is 2. The lowest BCUT2D eigenvalue weighted by atomic mass is 10.0. The molecule has 0 fully saturated rings. The summed E-state index contributed by atoms with van der Waals surface area (Å²) in [6, 6.07) is 13.6. The Labute approximate surface area is 191 Å². The van der Waals surface area contributed by atoms with E-state index in [-0.39, 0.29) is 24.8 Å². The number of amides is 1. The van der Waals surface area contributed by atoms with Gasteiger partial charge in [-0.3, -0.25) is 19.1 Å². The number of nitrogens with zero attached hydrogens (tertiary/aromatic N) is 3. The Morgan fingerprint density at radius 2 is 1.97 bits per heavy atom. The SMILES string of the molecule is Cc1cccc(CN2CCc3nc(C)n(CC(=O)Nc4ccc5c(c4)OCO5)c(=O)c3C2)c1. The molecule has 2 aliphatic heterocycles. The summed E-state index contributed by atoms with van der Waals surface area (Å²) in [5.41, 5.74) is 4.40. The predicted molar refractivity (Wildman–Crippen MR) is 123 cm³/mol. The van der Waals surface area contributed by atoms with Crippen LogP contribution in [0.1, 0.15) is 28.2 Å². The van der Waals surface area contributed by atoms with Crippen molar-refractivity contribution in [3.8, 4) is 11.5 Å². The Morgan fingerprint density at radius 3 is 2.82 bits per heavy atom. The second-order valence-corrected chi connectivity index (χ2v) is 8.54. The first kappa shape index (κ1) is 21.2. The van der Waals surface area contributed by atoms with Crippen molar-refractivity contribution in [2.24, 2.45) is 0 Å². The van der Waals surface area contributed by atoms with E-state index in [1.165, 1.54) is 15.7 Å². The number of fused-ring (bicyclic) bond motifs is 2. The van der Waals surface area contributed by atoms with Crippen molar-refractivity contribution in [3.05, 3.63) is 81.0 Å². The number of carbonyl (C=O) groups is 1. The van der Waals surface area contributed by atoms with Crippen molar-refractivity contribution in [2.45, 2.75) is 39.9 Å². The van der Waals surface area contributed by atoms with Crippen LogP contribution < -0.4 is 20.3 Å². The largest absolute Gasteiger partial charge is 0.454 e. The number of hydrogen-bond donors (Lipinski definition) is 1. The molecule has 5 rings (SSSR count). The zero-order valence-electron chi connectivity index (χ0n) is 18.8. The van der Waals surface area contributed by atoms with Gasteiger partial charge in [-0.15, -0.1) is 0 Å². The summed E-state index contributed by atoms with van der Waals surface area (Å²) in [5, 5.41) is 2.83. The molecule has 3 aromatic rings. The van der Waals surface area contributed by atoms with E-state index in [1.54, 1.807) is 25.1 Å². The predicted octanol–water partition coefficient (Wildman–Crippen LogP) is 2.79. The summed E-state index contributed by atoms with van der Waals surface area (Å²) in [4.78, 5) is 32.9. The lowest BCUT2D eigenvalue weighted by Gasteiger charge is -2.28. The molecule has 0 unspecified atom stereocenters. The Hall–Kier alpha value is -3.65. The van der Waals surface area contributed by atoms with Crippen LogP contribution in [0.15, 0.2) is 47.3 Å². The quantitative estimate of drug-likeness (QED) is 0.649. The maximum absolute atomic E-state index is 13.3. The molecule has 33 heavy (non-hydrogen) atoms. The highest BCUT2D eigenvalue weighted by atomic mass is 16.7. The van der Waals surface area contributed by atoms with Gasteiger partial charge in [-0.25, -0.2) is 4.98 Å². The summed E-state index contributed by atoms with van der Waals surface area (Å²) in [7, 11) is 0. The Morgan fingerprint density at radius 1 is 1.12 bits per heavy atom. The molecule has 0 aliphatic carbocycles. The van der Waals surface area contributed by atoms with Gasteiger partial charge in [-0.2, -0.15) is 0 Å². The first-order chi connectivity index (χ1) is 16.0. The molecule has 3 heterocycles. The summed E-state index contributed by atoms with van der Waals surface area (Å²) in [5.74, 6) is 1.49. The van der Waals surface area contributed by atoms with Gasteiger partial charge in [-0.05, 0) is 31.5 Å². The lowest BCUT2D eigenvalue weighted by molar-refractivity contribution is -0.116. The zero-order valence-corrected chi connectivity index (χ0v) is 18.8. The molecule has 0 radical (unpaired) electrons. The van der Waals surface area contributed by atoms with Gasteiger partial charge in [0, 0.05) is 37.8 Å². The number of nitrogens with one attached hydrogen (secondary N) is 1. The van der Waals surface area contributed by atoms with Crippen molar-refractivity contribution in [3.63, 3.8) is 0 Å². The van der Waals surface area contributed by atoms with E-state index < -0.39 is 0 Å². The highest BCUT2D eigenvalue weighted by Gasteiger charge is 2.23. The van der Waals surface area contributed by atoms with E-state index in [0.29, 0.717) is 35.1 Å². The number of carbonyl (C=O) groups excluding carboxylic acids is 1. The van der Waals surface area contributed by atoms with Crippen LogP contribution in [0.25, 0.3) is 0 Å². The fraction of sp³-hybridized carbons (Fsp3) is 0.320. The maximum Gasteiger partial charge on any atom is 0.258 e. The van der Waals surface area contributed by atoms with E-state index in [9.17, 15) is 9.59 Å². The molecular formula is C25H26N4O4. The van der Waals surface area contributed by atoms with Gasteiger partial charge in [0.05, 0.1) is 11.3 Å². The van der Waals surface area contributed by atoms with Gasteiger partial charge in [0.15, 0.2) is 11.5 Å². The fourth-order valence-corrected chi connectivity index (χ4v) is 4.40. The van der Waals surface area contributed by atoms with Crippen molar-refractivity contribution in [1.29, 1.82) is 0 Å². The highest BCUT2D eigenvalue weighted by molar-refractivity contribution is 5.91.